The van der Waals surface area contributed by atoms with Gasteiger partial charge in [0.05, 0.1) is 19.3 Å². The summed E-state index contributed by atoms with van der Waals surface area (Å²) >= 11 is 0. The first-order chi connectivity index (χ1) is 13.1. The van der Waals surface area contributed by atoms with Gasteiger partial charge in [-0.15, -0.1) is 0 Å². The molecule has 0 aromatic carbocycles. The molecule has 2 saturated carbocycles. The molecule has 6 heteroatoms. The van der Waals surface area contributed by atoms with Crippen LogP contribution in [0.4, 0.5) is 0 Å². The zero-order chi connectivity index (χ0) is 18.9. The topological polar surface area (TPSA) is 58.1 Å². The van der Waals surface area contributed by atoms with Gasteiger partial charge in [-0.3, -0.25) is 9.89 Å². The van der Waals surface area contributed by atoms with Crippen LogP contribution in [-0.2, 0) is 9.47 Å². The van der Waals surface area contributed by atoms with Crippen LogP contribution in [-0.4, -0.2) is 75.0 Å². The van der Waals surface area contributed by atoms with Crippen LogP contribution in [0.25, 0.3) is 0 Å². The third kappa shape index (κ3) is 3.60. The minimum atomic E-state index is 0.172. The molecule has 2 saturated heterocycles. The first-order valence-corrected chi connectivity index (χ1v) is 11.0. The number of hydrogen-bond acceptors (Lipinski definition) is 4. The van der Waals surface area contributed by atoms with Gasteiger partial charge >= 0.3 is 0 Å². The number of aliphatic imine (C=N–C) groups is 1. The van der Waals surface area contributed by atoms with Crippen molar-refractivity contribution in [3.8, 4) is 0 Å². The van der Waals surface area contributed by atoms with Crippen LogP contribution in [0.2, 0.25) is 0 Å². The van der Waals surface area contributed by atoms with E-state index in [1.54, 1.807) is 0 Å². The Morgan fingerprint density at radius 3 is 2.56 bits per heavy atom. The number of nitrogens with zero attached hydrogens (tertiary/aromatic N) is 2. The van der Waals surface area contributed by atoms with Gasteiger partial charge in [-0.25, -0.2) is 0 Å². The maximum Gasteiger partial charge on any atom is 0.191 e. The molecule has 0 radical (unpaired) electrons. The zero-order valence-electron chi connectivity index (χ0n) is 17.4. The number of rotatable bonds is 4. The lowest BCUT2D eigenvalue weighted by atomic mass is 9.57. The maximum atomic E-state index is 5.94. The van der Waals surface area contributed by atoms with Gasteiger partial charge in [-0.1, -0.05) is 33.1 Å². The minimum absolute atomic E-state index is 0.172. The molecule has 4 aliphatic rings. The van der Waals surface area contributed by atoms with Gasteiger partial charge in [-0.2, -0.15) is 0 Å². The molecule has 3 atom stereocenters. The summed E-state index contributed by atoms with van der Waals surface area (Å²) in [6.07, 6.45) is 8.18. The predicted octanol–water partition coefficient (Wildman–Crippen LogP) is 2.00. The Hall–Kier alpha value is -0.850. The predicted molar refractivity (Wildman–Crippen MR) is 108 cm³/mol. The van der Waals surface area contributed by atoms with Gasteiger partial charge in [0.1, 0.15) is 0 Å². The fourth-order valence-corrected chi connectivity index (χ4v) is 6.06. The molecule has 0 spiro atoms. The lowest BCUT2D eigenvalue weighted by Gasteiger charge is -2.55. The lowest BCUT2D eigenvalue weighted by Crippen LogP contribution is -2.68. The van der Waals surface area contributed by atoms with Gasteiger partial charge in [0.2, 0.25) is 0 Å². The highest BCUT2D eigenvalue weighted by Crippen LogP contribution is 2.52. The van der Waals surface area contributed by atoms with Crippen molar-refractivity contribution in [2.75, 3.05) is 46.5 Å². The number of nitrogens with one attached hydrogen (secondary N) is 2. The fraction of sp³-hybridized carbons (Fsp3) is 0.952. The Bertz CT molecular complexity index is 538. The maximum absolute atomic E-state index is 5.94. The molecule has 0 amide bonds. The number of fused-ring (bicyclic) bond motifs is 1. The number of ether oxygens (including phenoxy) is 2. The summed E-state index contributed by atoms with van der Waals surface area (Å²) in [5, 5.41) is 7.45. The average molecular weight is 379 g/mol. The van der Waals surface area contributed by atoms with Gasteiger partial charge < -0.3 is 20.1 Å². The molecule has 27 heavy (non-hydrogen) atoms. The normalized spacial score (nSPS) is 36.0. The molecule has 0 aromatic heterocycles. The van der Waals surface area contributed by atoms with Gasteiger partial charge in [0.25, 0.3) is 0 Å². The Labute approximate surface area is 164 Å². The third-order valence-corrected chi connectivity index (χ3v) is 7.67. The first-order valence-electron chi connectivity index (χ1n) is 11.0. The van der Waals surface area contributed by atoms with Crippen molar-refractivity contribution in [3.63, 3.8) is 0 Å². The largest absolute Gasteiger partial charge is 0.379 e. The van der Waals surface area contributed by atoms with E-state index in [9.17, 15) is 0 Å². The lowest BCUT2D eigenvalue weighted by molar-refractivity contribution is -0.107. The van der Waals surface area contributed by atoms with Gasteiger partial charge in [0, 0.05) is 56.2 Å². The number of guanidine groups is 1. The van der Waals surface area contributed by atoms with Gasteiger partial charge in [-0.05, 0) is 19.3 Å². The van der Waals surface area contributed by atoms with Crippen molar-refractivity contribution >= 4 is 5.96 Å². The molecule has 4 rings (SSSR count). The summed E-state index contributed by atoms with van der Waals surface area (Å²) in [6.45, 7) is 10.4. The van der Waals surface area contributed by atoms with E-state index in [4.69, 9.17) is 9.47 Å². The van der Waals surface area contributed by atoms with E-state index in [1.165, 1.54) is 38.5 Å². The average Bonchev–Trinajstić information content (AvgIpc) is 3.17. The molecule has 2 aliphatic heterocycles. The molecular weight excluding hydrogens is 340 g/mol. The molecular formula is C21H38N4O2. The van der Waals surface area contributed by atoms with Crippen molar-refractivity contribution in [3.05, 3.63) is 0 Å². The van der Waals surface area contributed by atoms with Crippen LogP contribution in [0.1, 0.15) is 52.4 Å². The molecule has 2 heterocycles. The molecule has 0 aromatic rings. The summed E-state index contributed by atoms with van der Waals surface area (Å²) in [7, 11) is 1.89. The van der Waals surface area contributed by atoms with Crippen molar-refractivity contribution in [2.45, 2.75) is 70.1 Å². The van der Waals surface area contributed by atoms with Crippen LogP contribution in [0.5, 0.6) is 0 Å². The third-order valence-electron chi connectivity index (χ3n) is 7.67. The molecule has 2 aliphatic carbocycles. The summed E-state index contributed by atoms with van der Waals surface area (Å²) in [5.74, 6) is 1.58. The van der Waals surface area contributed by atoms with E-state index in [2.05, 4.69) is 34.4 Å². The zero-order valence-corrected chi connectivity index (χ0v) is 17.4. The van der Waals surface area contributed by atoms with E-state index in [0.717, 1.165) is 45.4 Å². The monoisotopic (exact) mass is 378 g/mol. The van der Waals surface area contributed by atoms with E-state index in [0.29, 0.717) is 18.1 Å². The van der Waals surface area contributed by atoms with Crippen molar-refractivity contribution in [2.24, 2.45) is 16.3 Å². The molecule has 3 unspecified atom stereocenters. The summed E-state index contributed by atoms with van der Waals surface area (Å²) in [6, 6.07) is 0.446. The Morgan fingerprint density at radius 1 is 1.11 bits per heavy atom. The SMILES string of the molecule is CN=C(NCC1(N2CCOCC2)CCCCC1)NC1C2CCOC2C1(C)C. The Balaban J connectivity index is 1.39. The van der Waals surface area contributed by atoms with Crippen LogP contribution < -0.4 is 10.6 Å². The summed E-state index contributed by atoms with van der Waals surface area (Å²) in [5.41, 5.74) is 0.430. The smallest absolute Gasteiger partial charge is 0.191 e. The van der Waals surface area contributed by atoms with E-state index >= 15 is 0 Å². The fourth-order valence-electron chi connectivity index (χ4n) is 6.06. The van der Waals surface area contributed by atoms with Crippen molar-refractivity contribution in [1.29, 1.82) is 0 Å². The second-order valence-electron chi connectivity index (χ2n) is 9.50. The minimum Gasteiger partial charge on any atom is -0.379 e. The highest BCUT2D eigenvalue weighted by atomic mass is 16.5. The van der Waals surface area contributed by atoms with Crippen LogP contribution in [0.3, 0.4) is 0 Å². The second kappa shape index (κ2) is 7.88. The number of morpholine rings is 1. The Kier molecular flexibility index (Phi) is 5.68. The van der Waals surface area contributed by atoms with E-state index in [-0.39, 0.29) is 11.0 Å². The molecule has 6 nitrogen and oxygen atoms in total. The second-order valence-corrected chi connectivity index (χ2v) is 9.50. The van der Waals surface area contributed by atoms with E-state index < -0.39 is 0 Å². The highest BCUT2D eigenvalue weighted by molar-refractivity contribution is 5.80. The summed E-state index contributed by atoms with van der Waals surface area (Å²) < 4.78 is 11.6. The van der Waals surface area contributed by atoms with Crippen LogP contribution >= 0.6 is 0 Å². The Morgan fingerprint density at radius 2 is 1.85 bits per heavy atom. The van der Waals surface area contributed by atoms with Gasteiger partial charge in [0.15, 0.2) is 5.96 Å². The quantitative estimate of drug-likeness (QED) is 0.579. The van der Waals surface area contributed by atoms with Crippen LogP contribution in [0, 0.1) is 11.3 Å². The molecule has 0 bridgehead atoms. The molecule has 4 fully saturated rings. The standard InChI is InChI=1S/C21H38N4O2/c1-20(2)17(16-7-12-27-18(16)20)24-19(22-3)23-15-21(8-5-4-6-9-21)25-10-13-26-14-11-25/h16-18H,4-15H2,1-3H3,(H2,22,23,24). The van der Waals surface area contributed by atoms with Crippen molar-refractivity contribution in [1.82, 2.24) is 15.5 Å². The first kappa shape index (κ1) is 19.5. The molecule has 154 valence electrons. The summed E-state index contributed by atoms with van der Waals surface area (Å²) in [4.78, 5) is 7.25. The van der Waals surface area contributed by atoms with Crippen molar-refractivity contribution < 1.29 is 9.47 Å². The number of hydrogen-bond donors (Lipinski definition) is 2. The molecule has 2 N–H and O–H groups in total. The highest BCUT2D eigenvalue weighted by Gasteiger charge is 2.59. The van der Waals surface area contributed by atoms with E-state index in [1.807, 2.05) is 7.05 Å². The van der Waals surface area contributed by atoms with Crippen LogP contribution in [0.15, 0.2) is 4.99 Å².